The normalized spacial score (nSPS) is 10.0. The van der Waals surface area contributed by atoms with Gasteiger partial charge in [0.15, 0.2) is 5.11 Å². The summed E-state index contributed by atoms with van der Waals surface area (Å²) in [6, 6.07) is 0. The number of aliphatic imine (C=N–C) groups is 1. The van der Waals surface area contributed by atoms with Gasteiger partial charge < -0.3 is 11.1 Å². The summed E-state index contributed by atoms with van der Waals surface area (Å²) in [7, 11) is 0. The zero-order chi connectivity index (χ0) is 7.11. The van der Waals surface area contributed by atoms with E-state index in [0.29, 0.717) is 18.2 Å². The largest absolute Gasteiger partial charge is 0.360 e. The van der Waals surface area contributed by atoms with Crippen molar-refractivity contribution in [2.75, 3.05) is 13.1 Å². The van der Waals surface area contributed by atoms with E-state index in [1.165, 1.54) is 0 Å². The molecule has 0 radical (unpaired) electrons. The standard InChI is InChI=1S/C5H11N3S/c1-2-7-5(9)8-4-3-6/h2H,3-4,6H2,1H3,(H,8,9). The van der Waals surface area contributed by atoms with Gasteiger partial charge in [0.25, 0.3) is 0 Å². The minimum absolute atomic E-state index is 0.503. The molecule has 0 unspecified atom stereocenters. The second-order valence-corrected chi connectivity index (χ2v) is 1.79. The van der Waals surface area contributed by atoms with Crippen molar-refractivity contribution in [1.82, 2.24) is 5.32 Å². The van der Waals surface area contributed by atoms with Crippen molar-refractivity contribution in [2.45, 2.75) is 6.92 Å². The van der Waals surface area contributed by atoms with Gasteiger partial charge in [0.05, 0.1) is 0 Å². The first-order valence-corrected chi connectivity index (χ1v) is 3.18. The number of hydrogen-bond acceptors (Lipinski definition) is 2. The third-order valence-corrected chi connectivity index (χ3v) is 0.917. The minimum atomic E-state index is 0.503. The number of hydrogen-bond donors (Lipinski definition) is 2. The van der Waals surface area contributed by atoms with Crippen LogP contribution in [-0.4, -0.2) is 24.4 Å². The summed E-state index contributed by atoms with van der Waals surface area (Å²) in [5.74, 6) is 0. The molecular weight excluding hydrogens is 134 g/mol. The fourth-order valence-corrected chi connectivity index (χ4v) is 0.549. The van der Waals surface area contributed by atoms with Gasteiger partial charge >= 0.3 is 0 Å². The lowest BCUT2D eigenvalue weighted by atomic mass is 10.6. The fraction of sp³-hybridized carbons (Fsp3) is 0.600. The van der Waals surface area contributed by atoms with Crippen LogP contribution in [0.3, 0.4) is 0 Å². The van der Waals surface area contributed by atoms with Crippen molar-refractivity contribution in [2.24, 2.45) is 10.7 Å². The first-order chi connectivity index (χ1) is 4.31. The molecule has 0 atom stereocenters. The predicted molar refractivity (Wildman–Crippen MR) is 43.8 cm³/mol. The van der Waals surface area contributed by atoms with Gasteiger partial charge in [-0.15, -0.1) is 0 Å². The van der Waals surface area contributed by atoms with Gasteiger partial charge in [-0.3, -0.25) is 0 Å². The van der Waals surface area contributed by atoms with Crippen LogP contribution in [0.2, 0.25) is 0 Å². The Hall–Kier alpha value is -0.480. The van der Waals surface area contributed by atoms with E-state index in [-0.39, 0.29) is 0 Å². The van der Waals surface area contributed by atoms with Gasteiger partial charge in [-0.25, -0.2) is 4.99 Å². The molecule has 0 spiro atoms. The summed E-state index contributed by atoms with van der Waals surface area (Å²) in [6.07, 6.45) is 1.64. The highest BCUT2D eigenvalue weighted by molar-refractivity contribution is 7.80. The van der Waals surface area contributed by atoms with Crippen molar-refractivity contribution in [3.8, 4) is 0 Å². The van der Waals surface area contributed by atoms with Crippen LogP contribution in [0.15, 0.2) is 4.99 Å². The van der Waals surface area contributed by atoms with Gasteiger partial charge in [0.1, 0.15) is 0 Å². The average molecular weight is 145 g/mol. The molecule has 0 fully saturated rings. The highest BCUT2D eigenvalue weighted by atomic mass is 32.1. The Labute approximate surface area is 60.3 Å². The van der Waals surface area contributed by atoms with E-state index in [1.54, 1.807) is 6.21 Å². The minimum Gasteiger partial charge on any atom is -0.360 e. The number of nitrogens with zero attached hydrogens (tertiary/aromatic N) is 1. The van der Waals surface area contributed by atoms with E-state index >= 15 is 0 Å². The second-order valence-electron chi connectivity index (χ2n) is 1.41. The summed E-state index contributed by atoms with van der Waals surface area (Å²) in [5.41, 5.74) is 5.20. The summed E-state index contributed by atoms with van der Waals surface area (Å²) in [4.78, 5) is 3.80. The molecule has 0 aromatic rings. The molecule has 3 nitrogen and oxygen atoms in total. The van der Waals surface area contributed by atoms with Gasteiger partial charge in [0.2, 0.25) is 0 Å². The average Bonchev–Trinajstić information content (AvgIpc) is 1.85. The van der Waals surface area contributed by atoms with E-state index in [0.717, 1.165) is 0 Å². The number of rotatable bonds is 2. The van der Waals surface area contributed by atoms with Crippen molar-refractivity contribution in [3.05, 3.63) is 0 Å². The van der Waals surface area contributed by atoms with E-state index in [1.807, 2.05) is 6.92 Å². The van der Waals surface area contributed by atoms with Crippen molar-refractivity contribution in [1.29, 1.82) is 0 Å². The molecule has 9 heavy (non-hydrogen) atoms. The molecule has 0 aromatic heterocycles. The van der Waals surface area contributed by atoms with Crippen LogP contribution < -0.4 is 11.1 Å². The summed E-state index contributed by atoms with van der Waals surface area (Å²) in [6.45, 7) is 3.09. The third-order valence-electron chi connectivity index (χ3n) is 0.667. The highest BCUT2D eigenvalue weighted by Crippen LogP contribution is 1.70. The molecule has 0 rings (SSSR count). The van der Waals surface area contributed by atoms with Crippen LogP contribution in [0.4, 0.5) is 0 Å². The van der Waals surface area contributed by atoms with Gasteiger partial charge in [-0.1, -0.05) is 0 Å². The van der Waals surface area contributed by atoms with Crippen LogP contribution >= 0.6 is 12.2 Å². The fourth-order valence-electron chi connectivity index (χ4n) is 0.342. The first-order valence-electron chi connectivity index (χ1n) is 2.78. The molecule has 0 aliphatic heterocycles. The zero-order valence-electron chi connectivity index (χ0n) is 5.42. The van der Waals surface area contributed by atoms with Gasteiger partial charge in [0, 0.05) is 19.3 Å². The molecule has 0 heterocycles. The first kappa shape index (κ1) is 8.52. The lowest BCUT2D eigenvalue weighted by molar-refractivity contribution is 0.880. The monoisotopic (exact) mass is 145 g/mol. The summed E-state index contributed by atoms with van der Waals surface area (Å²) in [5, 5.41) is 3.34. The molecular formula is C5H11N3S. The number of nitrogens with two attached hydrogens (primary N) is 1. The maximum atomic E-state index is 5.20. The van der Waals surface area contributed by atoms with Crippen LogP contribution in [0.1, 0.15) is 6.92 Å². The van der Waals surface area contributed by atoms with Crippen molar-refractivity contribution in [3.63, 3.8) is 0 Å². The van der Waals surface area contributed by atoms with E-state index in [9.17, 15) is 0 Å². The smallest absolute Gasteiger partial charge is 0.192 e. The van der Waals surface area contributed by atoms with Crippen LogP contribution in [0.25, 0.3) is 0 Å². The predicted octanol–water partition coefficient (Wildman–Crippen LogP) is -0.0897. The zero-order valence-corrected chi connectivity index (χ0v) is 6.24. The molecule has 3 N–H and O–H groups in total. The molecule has 4 heteroatoms. The quantitative estimate of drug-likeness (QED) is 0.422. The Balaban J connectivity index is 3.27. The molecule has 0 amide bonds. The number of nitrogens with one attached hydrogen (secondary N) is 1. The highest BCUT2D eigenvalue weighted by Gasteiger charge is 1.84. The third kappa shape index (κ3) is 5.39. The Kier molecular flexibility index (Phi) is 5.35. The van der Waals surface area contributed by atoms with Gasteiger partial charge in [-0.2, -0.15) is 0 Å². The van der Waals surface area contributed by atoms with Crippen LogP contribution in [0, 0.1) is 0 Å². The van der Waals surface area contributed by atoms with Gasteiger partial charge in [-0.05, 0) is 19.1 Å². The Morgan fingerprint density at radius 2 is 2.56 bits per heavy atom. The molecule has 0 saturated carbocycles. The maximum absolute atomic E-state index is 5.20. The number of thiocarbonyl (C=S) groups is 1. The second kappa shape index (κ2) is 5.65. The molecule has 0 saturated heterocycles. The topological polar surface area (TPSA) is 50.4 Å². The summed E-state index contributed by atoms with van der Waals surface area (Å²) < 4.78 is 0. The van der Waals surface area contributed by atoms with E-state index < -0.39 is 0 Å². The molecule has 0 bridgehead atoms. The molecule has 0 aliphatic carbocycles. The summed E-state index contributed by atoms with van der Waals surface area (Å²) >= 11 is 4.75. The van der Waals surface area contributed by atoms with Crippen molar-refractivity contribution < 1.29 is 0 Å². The maximum Gasteiger partial charge on any atom is 0.192 e. The van der Waals surface area contributed by atoms with Crippen LogP contribution in [-0.2, 0) is 0 Å². The molecule has 0 aromatic carbocycles. The molecule has 0 aliphatic rings. The lowest BCUT2D eigenvalue weighted by Crippen LogP contribution is -2.26. The van der Waals surface area contributed by atoms with Crippen molar-refractivity contribution >= 4 is 23.5 Å². The SMILES string of the molecule is CC=NC(=S)NCCN. The van der Waals surface area contributed by atoms with Crippen LogP contribution in [0.5, 0.6) is 0 Å². The Morgan fingerprint density at radius 1 is 1.89 bits per heavy atom. The van der Waals surface area contributed by atoms with E-state index in [4.69, 9.17) is 18.0 Å². The van der Waals surface area contributed by atoms with E-state index in [2.05, 4.69) is 10.3 Å². The Bertz CT molecular complexity index is 111. The Morgan fingerprint density at radius 3 is 3.00 bits per heavy atom. The molecule has 52 valence electrons. The lowest BCUT2D eigenvalue weighted by Gasteiger charge is -1.98.